The summed E-state index contributed by atoms with van der Waals surface area (Å²) in [5.74, 6) is 0.662. The maximum absolute atomic E-state index is 10.7. The van der Waals surface area contributed by atoms with E-state index in [4.69, 9.17) is 9.52 Å². The van der Waals surface area contributed by atoms with Crippen LogP contribution >= 0.6 is 0 Å². The Morgan fingerprint density at radius 2 is 2.18 bits per heavy atom. The van der Waals surface area contributed by atoms with E-state index in [1.54, 1.807) is 10.7 Å². The van der Waals surface area contributed by atoms with Crippen molar-refractivity contribution in [3.63, 3.8) is 0 Å². The molecular weight excluding hydrogens is 222 g/mol. The van der Waals surface area contributed by atoms with Gasteiger partial charge in [0.15, 0.2) is 5.82 Å². The number of aromatic carboxylic acids is 1. The number of carboxylic acids is 1. The van der Waals surface area contributed by atoms with Crippen LogP contribution in [0.5, 0.6) is 0 Å². The molecule has 0 aliphatic heterocycles. The predicted octanol–water partition coefficient (Wildman–Crippen LogP) is 1.68. The minimum absolute atomic E-state index is 0.101. The van der Waals surface area contributed by atoms with E-state index in [0.717, 1.165) is 18.1 Å². The van der Waals surface area contributed by atoms with Crippen molar-refractivity contribution >= 4 is 5.97 Å². The minimum Gasteiger partial charge on any atom is -0.475 e. The lowest BCUT2D eigenvalue weighted by Gasteiger charge is -1.98. The number of nitrogens with zero attached hydrogens (tertiary/aromatic N) is 3. The summed E-state index contributed by atoms with van der Waals surface area (Å²) in [6, 6.07) is 2.99. The fraction of sp³-hybridized carbons (Fsp3) is 0.364. The van der Waals surface area contributed by atoms with Crippen LogP contribution in [0, 0.1) is 0 Å². The van der Waals surface area contributed by atoms with Crippen LogP contribution in [0.15, 0.2) is 16.5 Å². The van der Waals surface area contributed by atoms with E-state index in [-0.39, 0.29) is 5.76 Å². The van der Waals surface area contributed by atoms with Gasteiger partial charge in [-0.2, -0.15) is 4.68 Å². The zero-order chi connectivity index (χ0) is 12.4. The Hall–Kier alpha value is -2.11. The van der Waals surface area contributed by atoms with Crippen molar-refractivity contribution in [1.82, 2.24) is 14.8 Å². The van der Waals surface area contributed by atoms with Crippen LogP contribution in [0.25, 0.3) is 5.88 Å². The maximum atomic E-state index is 10.7. The molecule has 2 rings (SSSR count). The summed E-state index contributed by atoms with van der Waals surface area (Å²) < 4.78 is 6.74. The first-order valence-corrected chi connectivity index (χ1v) is 5.44. The molecule has 0 spiro atoms. The molecule has 2 aromatic heterocycles. The van der Waals surface area contributed by atoms with Gasteiger partial charge in [0, 0.05) is 18.9 Å². The molecule has 0 aromatic carbocycles. The fourth-order valence-electron chi connectivity index (χ4n) is 1.50. The van der Waals surface area contributed by atoms with Crippen molar-refractivity contribution in [3.05, 3.63) is 29.5 Å². The molecule has 0 fully saturated rings. The molecular formula is C11H13N3O3. The summed E-state index contributed by atoms with van der Waals surface area (Å²) in [6.45, 7) is 3.92. The molecule has 0 amide bonds. The second kappa shape index (κ2) is 4.40. The Bertz CT molecular complexity index is 542. The third-order valence-corrected chi connectivity index (χ3v) is 2.36. The number of aryl methyl sites for hydroxylation is 2. The maximum Gasteiger partial charge on any atom is 0.371 e. The monoisotopic (exact) mass is 235 g/mol. The van der Waals surface area contributed by atoms with Gasteiger partial charge in [-0.3, -0.25) is 0 Å². The van der Waals surface area contributed by atoms with Gasteiger partial charge in [-0.1, -0.05) is 13.8 Å². The normalized spacial score (nSPS) is 10.7. The van der Waals surface area contributed by atoms with Gasteiger partial charge in [0.25, 0.3) is 0 Å². The molecule has 0 radical (unpaired) electrons. The molecule has 0 aliphatic carbocycles. The first kappa shape index (κ1) is 11.4. The Labute approximate surface area is 97.9 Å². The molecule has 0 atom stereocenters. The van der Waals surface area contributed by atoms with Gasteiger partial charge in [-0.15, -0.1) is 5.10 Å². The molecule has 0 bridgehead atoms. The van der Waals surface area contributed by atoms with Crippen molar-refractivity contribution in [1.29, 1.82) is 0 Å². The average molecular weight is 235 g/mol. The molecule has 90 valence electrons. The molecule has 1 N–H and O–H groups in total. The van der Waals surface area contributed by atoms with Crippen molar-refractivity contribution in [2.45, 2.75) is 26.7 Å². The van der Waals surface area contributed by atoms with Crippen LogP contribution in [-0.4, -0.2) is 25.8 Å². The number of hydrogen-bond donors (Lipinski definition) is 1. The third kappa shape index (κ3) is 2.06. The predicted molar refractivity (Wildman–Crippen MR) is 59.3 cm³/mol. The smallest absolute Gasteiger partial charge is 0.371 e. The number of carboxylic acid groups (broad SMARTS) is 1. The SMILES string of the molecule is CCc1nc(CC)n(-c2ccc(C(=O)O)o2)n1. The highest BCUT2D eigenvalue weighted by Gasteiger charge is 2.14. The topological polar surface area (TPSA) is 81.2 Å². The minimum atomic E-state index is -1.09. The second-order valence-electron chi connectivity index (χ2n) is 3.51. The van der Waals surface area contributed by atoms with Crippen LogP contribution in [0.1, 0.15) is 36.1 Å². The number of furan rings is 1. The average Bonchev–Trinajstić information content (AvgIpc) is 2.94. The molecule has 0 saturated carbocycles. The summed E-state index contributed by atoms with van der Waals surface area (Å²) in [4.78, 5) is 15.0. The zero-order valence-corrected chi connectivity index (χ0v) is 9.67. The fourth-order valence-corrected chi connectivity index (χ4v) is 1.50. The van der Waals surface area contributed by atoms with Gasteiger partial charge in [-0.25, -0.2) is 9.78 Å². The standard InChI is InChI=1S/C11H13N3O3/c1-3-8-12-9(4-2)14(13-8)10-6-5-7(17-10)11(15)16/h5-6H,3-4H2,1-2H3,(H,15,16). The number of hydrogen-bond acceptors (Lipinski definition) is 4. The lowest BCUT2D eigenvalue weighted by Crippen LogP contribution is -2.01. The highest BCUT2D eigenvalue weighted by Crippen LogP contribution is 2.15. The first-order valence-electron chi connectivity index (χ1n) is 5.44. The first-order chi connectivity index (χ1) is 8.15. The molecule has 2 heterocycles. The van der Waals surface area contributed by atoms with Crippen LogP contribution in [-0.2, 0) is 12.8 Å². The molecule has 17 heavy (non-hydrogen) atoms. The quantitative estimate of drug-likeness (QED) is 0.871. The molecule has 0 saturated heterocycles. The van der Waals surface area contributed by atoms with Crippen LogP contribution in [0.4, 0.5) is 0 Å². The Kier molecular flexibility index (Phi) is 2.95. The summed E-state index contributed by atoms with van der Waals surface area (Å²) in [5.41, 5.74) is 0. The van der Waals surface area contributed by atoms with Gasteiger partial charge < -0.3 is 9.52 Å². The van der Waals surface area contributed by atoms with Crippen LogP contribution < -0.4 is 0 Å². The van der Waals surface area contributed by atoms with Gasteiger partial charge in [0.05, 0.1) is 0 Å². The second-order valence-corrected chi connectivity index (χ2v) is 3.51. The third-order valence-electron chi connectivity index (χ3n) is 2.36. The van der Waals surface area contributed by atoms with Crippen LogP contribution in [0.3, 0.4) is 0 Å². The van der Waals surface area contributed by atoms with Gasteiger partial charge in [-0.05, 0) is 6.07 Å². The molecule has 2 aromatic rings. The zero-order valence-electron chi connectivity index (χ0n) is 9.67. The van der Waals surface area contributed by atoms with Crippen molar-refractivity contribution in [2.75, 3.05) is 0 Å². The summed E-state index contributed by atoms with van der Waals surface area (Å²) in [6.07, 6.45) is 1.43. The Morgan fingerprint density at radius 1 is 1.41 bits per heavy atom. The lowest BCUT2D eigenvalue weighted by atomic mass is 10.4. The summed E-state index contributed by atoms with van der Waals surface area (Å²) in [5, 5.41) is 13.0. The van der Waals surface area contributed by atoms with Gasteiger partial charge >= 0.3 is 5.97 Å². The van der Waals surface area contributed by atoms with E-state index in [1.807, 2.05) is 13.8 Å². The molecule has 6 nitrogen and oxygen atoms in total. The largest absolute Gasteiger partial charge is 0.475 e. The summed E-state index contributed by atoms with van der Waals surface area (Å²) >= 11 is 0. The van der Waals surface area contributed by atoms with E-state index in [0.29, 0.717) is 12.3 Å². The van der Waals surface area contributed by atoms with E-state index in [1.165, 1.54) is 6.07 Å². The van der Waals surface area contributed by atoms with E-state index < -0.39 is 5.97 Å². The highest BCUT2D eigenvalue weighted by atomic mass is 16.4. The highest BCUT2D eigenvalue weighted by molar-refractivity contribution is 5.84. The van der Waals surface area contributed by atoms with Crippen LogP contribution in [0.2, 0.25) is 0 Å². The Balaban J connectivity index is 2.43. The van der Waals surface area contributed by atoms with Crippen molar-refractivity contribution in [2.24, 2.45) is 0 Å². The van der Waals surface area contributed by atoms with E-state index >= 15 is 0 Å². The number of rotatable bonds is 4. The van der Waals surface area contributed by atoms with Gasteiger partial charge in [0.1, 0.15) is 5.82 Å². The summed E-state index contributed by atoms with van der Waals surface area (Å²) in [7, 11) is 0. The van der Waals surface area contributed by atoms with Crippen molar-refractivity contribution < 1.29 is 14.3 Å². The van der Waals surface area contributed by atoms with E-state index in [2.05, 4.69) is 10.1 Å². The number of aromatic nitrogens is 3. The Morgan fingerprint density at radius 3 is 2.71 bits per heavy atom. The molecule has 6 heteroatoms. The van der Waals surface area contributed by atoms with E-state index in [9.17, 15) is 4.79 Å². The molecule has 0 unspecified atom stereocenters. The lowest BCUT2D eigenvalue weighted by molar-refractivity contribution is 0.0662. The molecule has 0 aliphatic rings. The van der Waals surface area contributed by atoms with Crippen molar-refractivity contribution in [3.8, 4) is 5.88 Å². The number of carbonyl (C=O) groups is 1. The van der Waals surface area contributed by atoms with Gasteiger partial charge in [0.2, 0.25) is 11.6 Å².